The van der Waals surface area contributed by atoms with Gasteiger partial charge in [-0.15, -0.1) is 0 Å². The Morgan fingerprint density at radius 3 is 2.52 bits per heavy atom. The summed E-state index contributed by atoms with van der Waals surface area (Å²) in [4.78, 5) is 13.5. The van der Waals surface area contributed by atoms with E-state index in [0.717, 1.165) is 22.6 Å². The summed E-state index contributed by atoms with van der Waals surface area (Å²) < 4.78 is 20.9. The fourth-order valence-electron chi connectivity index (χ4n) is 4.35. The van der Waals surface area contributed by atoms with Crippen LogP contribution in [-0.4, -0.2) is 34.9 Å². The molecule has 1 unspecified atom stereocenters. The Kier molecular flexibility index (Phi) is 6.18. The standard InChI is InChI=1S/C25H28FN3O2/c1-18(16-23-17-19(2)28-29(23)22-6-4-3-5-7-22)27-24(30)25(12-14-31-15-13-25)20-8-10-21(26)11-9-20/h3-11,17-18H,12-16H2,1-2H3,(H,27,30). The van der Waals surface area contributed by atoms with Gasteiger partial charge in [-0.2, -0.15) is 5.10 Å². The minimum Gasteiger partial charge on any atom is -0.381 e. The molecule has 1 aromatic heterocycles. The fraction of sp³-hybridized carbons (Fsp3) is 0.360. The number of carbonyl (C=O) groups is 1. The smallest absolute Gasteiger partial charge is 0.231 e. The third-order valence-corrected chi connectivity index (χ3v) is 5.98. The lowest BCUT2D eigenvalue weighted by atomic mass is 9.73. The largest absolute Gasteiger partial charge is 0.381 e. The molecule has 0 radical (unpaired) electrons. The maximum Gasteiger partial charge on any atom is 0.231 e. The van der Waals surface area contributed by atoms with Crippen molar-refractivity contribution in [3.63, 3.8) is 0 Å². The van der Waals surface area contributed by atoms with Crippen LogP contribution in [-0.2, 0) is 21.4 Å². The normalized spacial score (nSPS) is 16.6. The molecule has 0 bridgehead atoms. The molecule has 0 spiro atoms. The molecule has 2 aromatic carbocycles. The lowest BCUT2D eigenvalue weighted by Crippen LogP contribution is -2.50. The van der Waals surface area contributed by atoms with E-state index < -0.39 is 5.41 Å². The second-order valence-electron chi connectivity index (χ2n) is 8.30. The molecule has 6 heteroatoms. The molecular formula is C25H28FN3O2. The lowest BCUT2D eigenvalue weighted by molar-refractivity contribution is -0.131. The van der Waals surface area contributed by atoms with E-state index in [0.29, 0.717) is 32.5 Å². The van der Waals surface area contributed by atoms with Crippen molar-refractivity contribution in [2.45, 2.75) is 44.6 Å². The van der Waals surface area contributed by atoms with Crippen molar-refractivity contribution in [1.82, 2.24) is 15.1 Å². The molecule has 1 N–H and O–H groups in total. The number of hydrogen-bond donors (Lipinski definition) is 1. The SMILES string of the molecule is Cc1cc(CC(C)NC(=O)C2(c3ccc(F)cc3)CCOCC2)n(-c2ccccc2)n1. The van der Waals surface area contributed by atoms with Gasteiger partial charge in [-0.1, -0.05) is 30.3 Å². The number of carbonyl (C=O) groups excluding carboxylic acids is 1. The second kappa shape index (κ2) is 9.02. The third-order valence-electron chi connectivity index (χ3n) is 5.98. The molecule has 1 aliphatic heterocycles. The molecule has 1 aliphatic rings. The van der Waals surface area contributed by atoms with Crippen molar-refractivity contribution in [1.29, 1.82) is 0 Å². The zero-order chi connectivity index (χ0) is 21.8. The number of rotatable bonds is 6. The predicted octanol–water partition coefficient (Wildman–Crippen LogP) is 4.12. The van der Waals surface area contributed by atoms with Gasteiger partial charge in [0.15, 0.2) is 0 Å². The number of halogens is 1. The molecule has 1 atom stereocenters. The highest BCUT2D eigenvalue weighted by molar-refractivity contribution is 5.88. The van der Waals surface area contributed by atoms with Crippen LogP contribution in [0.3, 0.4) is 0 Å². The average Bonchev–Trinajstić information content (AvgIpc) is 3.15. The van der Waals surface area contributed by atoms with Gasteiger partial charge in [-0.05, 0) is 62.6 Å². The van der Waals surface area contributed by atoms with Gasteiger partial charge in [0, 0.05) is 31.4 Å². The molecular weight excluding hydrogens is 393 g/mol. The van der Waals surface area contributed by atoms with Gasteiger partial charge in [0.25, 0.3) is 0 Å². The highest BCUT2D eigenvalue weighted by atomic mass is 19.1. The first-order valence-electron chi connectivity index (χ1n) is 10.7. The van der Waals surface area contributed by atoms with Crippen LogP contribution in [0, 0.1) is 12.7 Å². The van der Waals surface area contributed by atoms with E-state index in [1.807, 2.05) is 48.9 Å². The Morgan fingerprint density at radius 2 is 1.84 bits per heavy atom. The van der Waals surface area contributed by atoms with Crippen LogP contribution in [0.15, 0.2) is 60.7 Å². The number of aromatic nitrogens is 2. The number of aryl methyl sites for hydroxylation is 1. The first kappa shape index (κ1) is 21.2. The van der Waals surface area contributed by atoms with Crippen LogP contribution in [0.4, 0.5) is 4.39 Å². The molecule has 3 aromatic rings. The quantitative estimate of drug-likeness (QED) is 0.652. The Morgan fingerprint density at radius 1 is 1.16 bits per heavy atom. The Labute approximate surface area is 182 Å². The first-order valence-corrected chi connectivity index (χ1v) is 10.7. The van der Waals surface area contributed by atoms with Gasteiger partial charge in [0.2, 0.25) is 5.91 Å². The minimum atomic E-state index is -0.699. The van der Waals surface area contributed by atoms with E-state index in [1.165, 1.54) is 12.1 Å². The fourth-order valence-corrected chi connectivity index (χ4v) is 4.35. The van der Waals surface area contributed by atoms with Crippen LogP contribution >= 0.6 is 0 Å². The summed E-state index contributed by atoms with van der Waals surface area (Å²) in [5, 5.41) is 7.83. The van der Waals surface area contributed by atoms with Gasteiger partial charge in [-0.25, -0.2) is 9.07 Å². The Hall–Kier alpha value is -2.99. The molecule has 4 rings (SSSR count). The van der Waals surface area contributed by atoms with E-state index >= 15 is 0 Å². The molecule has 2 heterocycles. The summed E-state index contributed by atoms with van der Waals surface area (Å²) in [5.41, 5.74) is 3.11. The van der Waals surface area contributed by atoms with Gasteiger partial charge in [0.1, 0.15) is 5.82 Å². The number of amides is 1. The van der Waals surface area contributed by atoms with E-state index in [-0.39, 0.29) is 17.8 Å². The monoisotopic (exact) mass is 421 g/mol. The molecule has 1 saturated heterocycles. The first-order chi connectivity index (χ1) is 15.0. The number of hydrogen-bond acceptors (Lipinski definition) is 3. The molecule has 5 nitrogen and oxygen atoms in total. The summed E-state index contributed by atoms with van der Waals surface area (Å²) in [7, 11) is 0. The average molecular weight is 422 g/mol. The Bertz CT molecular complexity index is 1020. The molecule has 1 amide bonds. The zero-order valence-corrected chi connectivity index (χ0v) is 18.0. The van der Waals surface area contributed by atoms with Gasteiger partial charge in [-0.3, -0.25) is 4.79 Å². The van der Waals surface area contributed by atoms with E-state index in [9.17, 15) is 9.18 Å². The van der Waals surface area contributed by atoms with Crippen LogP contribution < -0.4 is 5.32 Å². The van der Waals surface area contributed by atoms with E-state index in [4.69, 9.17) is 4.74 Å². The van der Waals surface area contributed by atoms with E-state index in [2.05, 4.69) is 16.5 Å². The van der Waals surface area contributed by atoms with Crippen molar-refractivity contribution in [3.8, 4) is 5.69 Å². The van der Waals surface area contributed by atoms with Gasteiger partial charge in [0.05, 0.1) is 16.8 Å². The van der Waals surface area contributed by atoms with Crippen molar-refractivity contribution < 1.29 is 13.9 Å². The van der Waals surface area contributed by atoms with Crippen LogP contribution in [0.25, 0.3) is 5.69 Å². The summed E-state index contributed by atoms with van der Waals surface area (Å²) in [6.45, 7) is 5.00. The lowest BCUT2D eigenvalue weighted by Gasteiger charge is -2.37. The van der Waals surface area contributed by atoms with E-state index in [1.54, 1.807) is 12.1 Å². The van der Waals surface area contributed by atoms with Crippen molar-refractivity contribution >= 4 is 5.91 Å². The maximum absolute atomic E-state index is 13.5. The number of nitrogens with zero attached hydrogens (tertiary/aromatic N) is 2. The molecule has 31 heavy (non-hydrogen) atoms. The van der Waals surface area contributed by atoms with Crippen molar-refractivity contribution in [3.05, 3.63) is 83.4 Å². The second-order valence-corrected chi connectivity index (χ2v) is 8.30. The van der Waals surface area contributed by atoms with Crippen molar-refractivity contribution in [2.75, 3.05) is 13.2 Å². The molecule has 1 fully saturated rings. The summed E-state index contributed by atoms with van der Waals surface area (Å²) in [5.74, 6) is -0.332. The number of benzene rings is 2. The highest BCUT2D eigenvalue weighted by Gasteiger charge is 2.42. The minimum absolute atomic E-state index is 0.0302. The predicted molar refractivity (Wildman–Crippen MR) is 118 cm³/mol. The van der Waals surface area contributed by atoms with Crippen molar-refractivity contribution in [2.24, 2.45) is 0 Å². The van der Waals surface area contributed by atoms with Gasteiger partial charge < -0.3 is 10.1 Å². The molecule has 0 aliphatic carbocycles. The van der Waals surface area contributed by atoms with Crippen LogP contribution in [0.2, 0.25) is 0 Å². The summed E-state index contributed by atoms with van der Waals surface area (Å²) >= 11 is 0. The Balaban J connectivity index is 1.53. The third kappa shape index (κ3) is 4.54. The van der Waals surface area contributed by atoms with Gasteiger partial charge >= 0.3 is 0 Å². The molecule has 0 saturated carbocycles. The number of nitrogens with one attached hydrogen (secondary N) is 1. The summed E-state index contributed by atoms with van der Waals surface area (Å²) in [6.07, 6.45) is 1.81. The van der Waals surface area contributed by atoms with Crippen LogP contribution in [0.5, 0.6) is 0 Å². The summed E-state index contributed by atoms with van der Waals surface area (Å²) in [6, 6.07) is 18.2. The number of para-hydroxylation sites is 1. The van der Waals surface area contributed by atoms with Crippen LogP contribution in [0.1, 0.15) is 36.7 Å². The number of ether oxygens (including phenoxy) is 1. The zero-order valence-electron chi connectivity index (χ0n) is 18.0. The maximum atomic E-state index is 13.5. The molecule has 162 valence electrons. The highest BCUT2D eigenvalue weighted by Crippen LogP contribution is 2.35. The topological polar surface area (TPSA) is 56.1 Å².